The number of urea groups is 1. The Morgan fingerprint density at radius 3 is 2.34 bits per heavy atom. The van der Waals surface area contributed by atoms with Crippen LogP contribution in [-0.2, 0) is 20.9 Å². The molecule has 0 aromatic heterocycles. The molecule has 3 aromatic carbocycles. The predicted octanol–water partition coefficient (Wildman–Crippen LogP) is 4.55. The van der Waals surface area contributed by atoms with Gasteiger partial charge in [-0.2, -0.15) is 0 Å². The molecule has 1 fully saturated rings. The highest BCUT2D eigenvalue weighted by Gasteiger charge is 2.46. The zero-order chi connectivity index (χ0) is 27.2. The van der Waals surface area contributed by atoms with Crippen molar-refractivity contribution in [1.29, 1.82) is 0 Å². The van der Waals surface area contributed by atoms with Crippen molar-refractivity contribution in [3.63, 3.8) is 0 Å². The van der Waals surface area contributed by atoms with Crippen LogP contribution in [0.5, 0.6) is 5.75 Å². The Balaban J connectivity index is 1.57. The number of benzene rings is 3. The van der Waals surface area contributed by atoms with Crippen LogP contribution in [0.2, 0.25) is 0 Å². The van der Waals surface area contributed by atoms with Crippen molar-refractivity contribution in [2.45, 2.75) is 32.9 Å². The Morgan fingerprint density at radius 2 is 1.68 bits per heavy atom. The first-order valence-corrected chi connectivity index (χ1v) is 12.2. The Kier molecular flexibility index (Phi) is 8.06. The smallest absolute Gasteiger partial charge is 0.338 e. The van der Waals surface area contributed by atoms with Crippen molar-refractivity contribution in [3.05, 3.63) is 89.5 Å². The molecule has 4 amide bonds. The summed E-state index contributed by atoms with van der Waals surface area (Å²) in [5.74, 6) is -0.787. The largest absolute Gasteiger partial charge is 0.497 e. The Labute approximate surface area is 220 Å². The van der Waals surface area contributed by atoms with Gasteiger partial charge in [-0.1, -0.05) is 35.9 Å². The molecule has 1 atom stereocenters. The number of hydrogen-bond acceptors (Lipinski definition) is 6. The molecule has 196 valence electrons. The fourth-order valence-electron chi connectivity index (χ4n) is 4.20. The molecule has 1 saturated heterocycles. The highest BCUT2D eigenvalue weighted by molar-refractivity contribution is 6.22. The van der Waals surface area contributed by atoms with Gasteiger partial charge in [0.15, 0.2) is 0 Å². The number of rotatable bonds is 9. The van der Waals surface area contributed by atoms with Crippen LogP contribution in [0, 0.1) is 6.92 Å². The summed E-state index contributed by atoms with van der Waals surface area (Å²) in [6.45, 7) is 3.99. The van der Waals surface area contributed by atoms with Gasteiger partial charge in [-0.15, -0.1) is 0 Å². The summed E-state index contributed by atoms with van der Waals surface area (Å²) >= 11 is 0. The lowest BCUT2D eigenvalue weighted by Gasteiger charge is -2.22. The zero-order valence-electron chi connectivity index (χ0n) is 21.5. The van der Waals surface area contributed by atoms with E-state index in [0.29, 0.717) is 22.7 Å². The lowest BCUT2D eigenvalue weighted by atomic mass is 10.1. The lowest BCUT2D eigenvalue weighted by Crippen LogP contribution is -2.37. The Hall–Kier alpha value is -4.66. The first-order valence-electron chi connectivity index (χ1n) is 12.2. The van der Waals surface area contributed by atoms with Crippen molar-refractivity contribution >= 4 is 35.2 Å². The van der Waals surface area contributed by atoms with E-state index in [1.807, 2.05) is 31.2 Å². The van der Waals surface area contributed by atoms with Crippen molar-refractivity contribution in [1.82, 2.24) is 4.90 Å². The fraction of sp³-hybridized carbons (Fsp3) is 0.241. The monoisotopic (exact) mass is 515 g/mol. The third-order valence-corrected chi connectivity index (χ3v) is 6.16. The molecular formula is C29H29N3O6. The number of carbonyl (C=O) groups is 4. The SMILES string of the molecule is CCOC(=O)c1cccc(NC(=O)CC2C(=O)N(c3ccc(C)cc3)C(=O)N2Cc2ccc(OC)cc2)c1. The maximum Gasteiger partial charge on any atom is 0.338 e. The number of carbonyl (C=O) groups excluding carboxylic acids is 4. The van der Waals surface area contributed by atoms with Crippen LogP contribution < -0.4 is 15.0 Å². The first-order chi connectivity index (χ1) is 18.3. The van der Waals surface area contributed by atoms with Gasteiger partial charge >= 0.3 is 12.0 Å². The molecule has 3 aromatic rings. The van der Waals surface area contributed by atoms with Crippen LogP contribution >= 0.6 is 0 Å². The number of imide groups is 1. The topological polar surface area (TPSA) is 105 Å². The number of anilines is 2. The number of ether oxygens (including phenoxy) is 2. The van der Waals surface area contributed by atoms with E-state index in [9.17, 15) is 19.2 Å². The van der Waals surface area contributed by atoms with E-state index in [4.69, 9.17) is 9.47 Å². The van der Waals surface area contributed by atoms with E-state index >= 15 is 0 Å². The number of nitrogens with one attached hydrogen (secondary N) is 1. The summed E-state index contributed by atoms with van der Waals surface area (Å²) in [4.78, 5) is 54.6. The molecule has 9 nitrogen and oxygen atoms in total. The summed E-state index contributed by atoms with van der Waals surface area (Å²) in [7, 11) is 1.56. The van der Waals surface area contributed by atoms with Gasteiger partial charge in [0, 0.05) is 12.2 Å². The number of hydrogen-bond donors (Lipinski definition) is 1. The Morgan fingerprint density at radius 1 is 0.974 bits per heavy atom. The van der Waals surface area contributed by atoms with Crippen LogP contribution in [0.15, 0.2) is 72.8 Å². The molecule has 9 heteroatoms. The molecular weight excluding hydrogens is 486 g/mol. The second kappa shape index (κ2) is 11.6. The van der Waals surface area contributed by atoms with E-state index in [1.165, 1.54) is 11.0 Å². The highest BCUT2D eigenvalue weighted by atomic mass is 16.5. The molecule has 1 aliphatic rings. The molecule has 0 spiro atoms. The van der Waals surface area contributed by atoms with Crippen LogP contribution in [0.4, 0.5) is 16.2 Å². The minimum atomic E-state index is -1.01. The normalized spacial score (nSPS) is 15.0. The second-order valence-corrected chi connectivity index (χ2v) is 8.84. The van der Waals surface area contributed by atoms with Gasteiger partial charge in [0.25, 0.3) is 5.91 Å². The third-order valence-electron chi connectivity index (χ3n) is 6.16. The van der Waals surface area contributed by atoms with Crippen molar-refractivity contribution in [2.75, 3.05) is 23.9 Å². The maximum atomic E-state index is 13.5. The van der Waals surface area contributed by atoms with E-state index in [2.05, 4.69) is 5.32 Å². The van der Waals surface area contributed by atoms with Crippen LogP contribution in [0.3, 0.4) is 0 Å². The van der Waals surface area contributed by atoms with Crippen LogP contribution in [0.25, 0.3) is 0 Å². The van der Waals surface area contributed by atoms with Crippen LogP contribution in [0.1, 0.15) is 34.8 Å². The second-order valence-electron chi connectivity index (χ2n) is 8.84. The lowest BCUT2D eigenvalue weighted by molar-refractivity contribution is -0.124. The molecule has 0 aliphatic carbocycles. The highest BCUT2D eigenvalue weighted by Crippen LogP contribution is 2.29. The van der Waals surface area contributed by atoms with Gasteiger partial charge in [-0.05, 0) is 61.9 Å². The van der Waals surface area contributed by atoms with E-state index in [-0.39, 0.29) is 19.6 Å². The quantitative estimate of drug-likeness (QED) is 0.331. The maximum absolute atomic E-state index is 13.5. The molecule has 1 aliphatic heterocycles. The molecule has 0 saturated carbocycles. The summed E-state index contributed by atoms with van der Waals surface area (Å²) in [6, 6.07) is 19.1. The zero-order valence-corrected chi connectivity index (χ0v) is 21.5. The molecule has 0 radical (unpaired) electrons. The van der Waals surface area contributed by atoms with E-state index in [1.54, 1.807) is 56.5 Å². The van der Waals surface area contributed by atoms with Crippen LogP contribution in [-0.4, -0.2) is 48.5 Å². The van der Waals surface area contributed by atoms with Gasteiger partial charge in [-0.25, -0.2) is 14.5 Å². The fourth-order valence-corrected chi connectivity index (χ4v) is 4.20. The van der Waals surface area contributed by atoms with Gasteiger partial charge in [0.05, 0.1) is 31.4 Å². The third kappa shape index (κ3) is 5.83. The number of methoxy groups -OCH3 is 1. The van der Waals surface area contributed by atoms with Crippen molar-refractivity contribution in [2.24, 2.45) is 0 Å². The molecule has 4 rings (SSSR count). The summed E-state index contributed by atoms with van der Waals surface area (Å²) in [5, 5.41) is 2.73. The minimum absolute atomic E-state index is 0.132. The number of nitrogens with zero attached hydrogens (tertiary/aromatic N) is 2. The minimum Gasteiger partial charge on any atom is -0.497 e. The van der Waals surface area contributed by atoms with Gasteiger partial charge < -0.3 is 19.7 Å². The standard InChI is InChI=1S/C29H29N3O6/c1-4-38-28(35)21-6-5-7-22(16-21)30-26(33)17-25-27(34)32(23-12-8-19(2)9-13-23)29(36)31(25)18-20-10-14-24(37-3)15-11-20/h5-16,25H,4,17-18H2,1-3H3,(H,30,33). The summed E-state index contributed by atoms with van der Waals surface area (Å²) in [5.41, 5.74) is 2.89. The molecule has 1 N–H and O–H groups in total. The first kappa shape index (κ1) is 26.4. The number of amides is 4. The molecule has 1 unspecified atom stereocenters. The number of aryl methyl sites for hydroxylation is 1. The average molecular weight is 516 g/mol. The molecule has 38 heavy (non-hydrogen) atoms. The molecule has 0 bridgehead atoms. The van der Waals surface area contributed by atoms with Crippen molar-refractivity contribution < 1.29 is 28.7 Å². The molecule has 1 heterocycles. The summed E-state index contributed by atoms with van der Waals surface area (Å²) in [6.07, 6.45) is -0.257. The van der Waals surface area contributed by atoms with Crippen molar-refractivity contribution in [3.8, 4) is 5.75 Å². The average Bonchev–Trinajstić information content (AvgIpc) is 3.13. The number of esters is 1. The van der Waals surface area contributed by atoms with Gasteiger partial charge in [0.1, 0.15) is 11.8 Å². The Bertz CT molecular complexity index is 1340. The van der Waals surface area contributed by atoms with Gasteiger partial charge in [-0.3, -0.25) is 9.59 Å². The summed E-state index contributed by atoms with van der Waals surface area (Å²) < 4.78 is 10.2. The van der Waals surface area contributed by atoms with Gasteiger partial charge in [0.2, 0.25) is 5.91 Å². The van der Waals surface area contributed by atoms with E-state index < -0.39 is 29.9 Å². The van der Waals surface area contributed by atoms with E-state index in [0.717, 1.165) is 16.0 Å². The predicted molar refractivity (Wildman–Crippen MR) is 142 cm³/mol.